The third-order valence-corrected chi connectivity index (χ3v) is 3.83. The van der Waals surface area contributed by atoms with Crippen molar-refractivity contribution in [2.24, 2.45) is 0 Å². The lowest BCUT2D eigenvalue weighted by Gasteiger charge is -2.08. The molecule has 2 aromatic heterocycles. The maximum atomic E-state index is 12.1. The van der Waals surface area contributed by atoms with Crippen molar-refractivity contribution in [3.63, 3.8) is 0 Å². The topological polar surface area (TPSA) is 76.1 Å². The third-order valence-electron chi connectivity index (χ3n) is 3.83. The van der Waals surface area contributed by atoms with E-state index in [1.165, 1.54) is 0 Å². The van der Waals surface area contributed by atoms with Crippen LogP contribution in [0.15, 0.2) is 67.1 Å². The molecule has 0 atom stereocenters. The van der Waals surface area contributed by atoms with E-state index in [0.717, 1.165) is 22.6 Å². The third kappa shape index (κ3) is 4.80. The molecule has 0 aliphatic heterocycles. The van der Waals surface area contributed by atoms with Crippen LogP contribution in [-0.2, 0) is 13.1 Å². The summed E-state index contributed by atoms with van der Waals surface area (Å²) in [5, 5.41) is 6.11. The molecule has 0 unspecified atom stereocenters. The lowest BCUT2D eigenvalue weighted by atomic mass is 10.2. The number of ether oxygens (including phenoxy) is 1. The van der Waals surface area contributed by atoms with E-state index in [4.69, 9.17) is 4.74 Å². The fraction of sp³-hybridized carbons (Fsp3) is 0.150. The highest BCUT2D eigenvalue weighted by Gasteiger charge is 2.07. The summed E-state index contributed by atoms with van der Waals surface area (Å²) in [6.45, 7) is 1.09. The first-order valence-corrected chi connectivity index (χ1v) is 8.24. The first-order chi connectivity index (χ1) is 12.7. The zero-order chi connectivity index (χ0) is 18.2. The van der Waals surface area contributed by atoms with Crippen LogP contribution in [0.25, 0.3) is 0 Å². The Kier molecular flexibility index (Phi) is 5.77. The normalized spacial score (nSPS) is 10.2. The Balaban J connectivity index is 1.51. The number of aromatic nitrogens is 2. The van der Waals surface area contributed by atoms with Gasteiger partial charge < -0.3 is 15.4 Å². The van der Waals surface area contributed by atoms with Gasteiger partial charge in [0.15, 0.2) is 0 Å². The molecular weight excluding hydrogens is 328 g/mol. The highest BCUT2D eigenvalue weighted by molar-refractivity contribution is 5.92. The lowest BCUT2D eigenvalue weighted by molar-refractivity contribution is 0.0946. The van der Waals surface area contributed by atoms with Gasteiger partial charge in [0.2, 0.25) is 0 Å². The number of nitrogens with zero attached hydrogens (tertiary/aromatic N) is 2. The molecule has 1 aromatic carbocycles. The molecule has 3 rings (SSSR count). The Morgan fingerprint density at radius 1 is 1.00 bits per heavy atom. The summed E-state index contributed by atoms with van der Waals surface area (Å²) in [7, 11) is 1.65. The van der Waals surface area contributed by atoms with E-state index in [9.17, 15) is 4.79 Å². The van der Waals surface area contributed by atoms with E-state index < -0.39 is 0 Å². The predicted molar refractivity (Wildman–Crippen MR) is 100.0 cm³/mol. The summed E-state index contributed by atoms with van der Waals surface area (Å²) in [5.41, 5.74) is 3.30. The van der Waals surface area contributed by atoms with Gasteiger partial charge in [-0.05, 0) is 41.5 Å². The number of anilines is 1. The zero-order valence-corrected chi connectivity index (χ0v) is 14.5. The van der Waals surface area contributed by atoms with E-state index in [-0.39, 0.29) is 5.91 Å². The predicted octanol–water partition coefficient (Wildman–Crippen LogP) is 3.03. The molecule has 0 spiro atoms. The van der Waals surface area contributed by atoms with Crippen molar-refractivity contribution >= 4 is 11.6 Å². The maximum Gasteiger partial charge on any atom is 0.270 e. The van der Waals surface area contributed by atoms with Crippen molar-refractivity contribution in [3.05, 3.63) is 83.9 Å². The van der Waals surface area contributed by atoms with Crippen LogP contribution in [0.5, 0.6) is 5.75 Å². The quantitative estimate of drug-likeness (QED) is 0.686. The minimum atomic E-state index is -0.212. The van der Waals surface area contributed by atoms with Gasteiger partial charge in [-0.3, -0.25) is 9.78 Å². The molecule has 6 nitrogen and oxygen atoms in total. The van der Waals surface area contributed by atoms with Gasteiger partial charge in [0.05, 0.1) is 19.0 Å². The number of amides is 1. The Morgan fingerprint density at radius 2 is 1.85 bits per heavy atom. The average Bonchev–Trinajstić information content (AvgIpc) is 2.72. The molecule has 0 saturated carbocycles. The molecule has 132 valence electrons. The van der Waals surface area contributed by atoms with Crippen LogP contribution in [-0.4, -0.2) is 23.0 Å². The van der Waals surface area contributed by atoms with Crippen LogP contribution in [0.3, 0.4) is 0 Å². The van der Waals surface area contributed by atoms with Gasteiger partial charge in [-0.1, -0.05) is 18.2 Å². The summed E-state index contributed by atoms with van der Waals surface area (Å²) >= 11 is 0. The van der Waals surface area contributed by atoms with Gasteiger partial charge in [-0.2, -0.15) is 0 Å². The maximum absolute atomic E-state index is 12.1. The van der Waals surface area contributed by atoms with E-state index in [1.807, 2.05) is 42.5 Å². The second kappa shape index (κ2) is 8.62. The number of hydrogen-bond acceptors (Lipinski definition) is 5. The summed E-state index contributed by atoms with van der Waals surface area (Å²) in [4.78, 5) is 20.4. The minimum Gasteiger partial charge on any atom is -0.497 e. The molecule has 0 saturated heterocycles. The first-order valence-electron chi connectivity index (χ1n) is 8.24. The highest BCUT2D eigenvalue weighted by atomic mass is 16.5. The first kappa shape index (κ1) is 17.4. The zero-order valence-electron chi connectivity index (χ0n) is 14.5. The van der Waals surface area contributed by atoms with Crippen LogP contribution < -0.4 is 15.4 Å². The molecule has 26 heavy (non-hydrogen) atoms. The number of rotatable bonds is 7. The molecule has 2 N–H and O–H groups in total. The van der Waals surface area contributed by atoms with Gasteiger partial charge in [-0.25, -0.2) is 4.98 Å². The number of hydrogen-bond donors (Lipinski definition) is 2. The lowest BCUT2D eigenvalue weighted by Crippen LogP contribution is -2.23. The number of pyridine rings is 2. The van der Waals surface area contributed by atoms with Crippen molar-refractivity contribution in [3.8, 4) is 5.75 Å². The van der Waals surface area contributed by atoms with Crippen molar-refractivity contribution in [1.82, 2.24) is 15.3 Å². The number of nitrogens with one attached hydrogen (secondary N) is 2. The average molecular weight is 348 g/mol. The van der Waals surface area contributed by atoms with Gasteiger partial charge in [0, 0.05) is 25.5 Å². The number of carbonyl (C=O) groups excluding carboxylic acids is 1. The van der Waals surface area contributed by atoms with Gasteiger partial charge in [0.25, 0.3) is 5.91 Å². The molecule has 6 heteroatoms. The Labute approximate surface area is 152 Å². The van der Waals surface area contributed by atoms with Crippen LogP contribution in [0.4, 0.5) is 5.69 Å². The minimum absolute atomic E-state index is 0.212. The molecule has 1 amide bonds. The van der Waals surface area contributed by atoms with Crippen LogP contribution >= 0.6 is 0 Å². The van der Waals surface area contributed by atoms with Gasteiger partial charge in [-0.15, -0.1) is 0 Å². The Bertz CT molecular complexity index is 834. The van der Waals surface area contributed by atoms with Crippen molar-refractivity contribution in [1.29, 1.82) is 0 Å². The summed E-state index contributed by atoms with van der Waals surface area (Å²) in [6.07, 6.45) is 5.08. The molecule has 3 aromatic rings. The number of carbonyl (C=O) groups is 1. The van der Waals surface area contributed by atoms with Crippen molar-refractivity contribution < 1.29 is 9.53 Å². The monoisotopic (exact) mass is 348 g/mol. The van der Waals surface area contributed by atoms with Crippen LogP contribution in [0.1, 0.15) is 21.6 Å². The molecule has 0 aliphatic rings. The number of benzene rings is 1. The summed E-state index contributed by atoms with van der Waals surface area (Å²) in [6, 6.07) is 15.1. The van der Waals surface area contributed by atoms with E-state index >= 15 is 0 Å². The molecule has 0 fully saturated rings. The van der Waals surface area contributed by atoms with Crippen molar-refractivity contribution in [2.75, 3.05) is 12.4 Å². The Morgan fingerprint density at radius 3 is 2.50 bits per heavy atom. The Hall–Kier alpha value is -3.41. The second-order valence-electron chi connectivity index (χ2n) is 5.68. The largest absolute Gasteiger partial charge is 0.497 e. The van der Waals surface area contributed by atoms with Gasteiger partial charge >= 0.3 is 0 Å². The highest BCUT2D eigenvalue weighted by Crippen LogP contribution is 2.13. The van der Waals surface area contributed by atoms with E-state index in [1.54, 1.807) is 31.8 Å². The molecular formula is C20H20N4O2. The smallest absolute Gasteiger partial charge is 0.270 e. The van der Waals surface area contributed by atoms with Crippen LogP contribution in [0, 0.1) is 0 Å². The van der Waals surface area contributed by atoms with E-state index in [0.29, 0.717) is 18.8 Å². The van der Waals surface area contributed by atoms with Crippen LogP contribution in [0.2, 0.25) is 0 Å². The molecule has 2 heterocycles. The van der Waals surface area contributed by atoms with E-state index in [2.05, 4.69) is 20.6 Å². The standard InChI is InChI=1S/C20H20N4O2/c1-26-18-7-4-15(5-8-18)12-22-17-6-9-19(23-14-17)20(25)24-13-16-3-2-10-21-11-16/h2-11,14,22H,12-13H2,1H3,(H,24,25). The second-order valence-corrected chi connectivity index (χ2v) is 5.68. The summed E-state index contributed by atoms with van der Waals surface area (Å²) < 4.78 is 5.14. The fourth-order valence-electron chi connectivity index (χ4n) is 2.36. The summed E-state index contributed by atoms with van der Waals surface area (Å²) in [5.74, 6) is 0.618. The SMILES string of the molecule is COc1ccc(CNc2ccc(C(=O)NCc3cccnc3)nc2)cc1. The molecule has 0 aliphatic carbocycles. The molecule has 0 bridgehead atoms. The van der Waals surface area contributed by atoms with Gasteiger partial charge in [0.1, 0.15) is 11.4 Å². The fourth-order valence-corrected chi connectivity index (χ4v) is 2.36. The number of methoxy groups -OCH3 is 1. The van der Waals surface area contributed by atoms with Crippen molar-refractivity contribution in [2.45, 2.75) is 13.1 Å². The molecule has 0 radical (unpaired) electrons.